The lowest BCUT2D eigenvalue weighted by Gasteiger charge is -2.15. The largest absolute Gasteiger partial charge is 0.462 e. The van der Waals surface area contributed by atoms with Crippen molar-refractivity contribution in [2.24, 2.45) is 0 Å². The number of aliphatic hydroxyl groups excluding tert-OH is 1. The van der Waals surface area contributed by atoms with Crippen molar-refractivity contribution in [3.8, 4) is 0 Å². The molecule has 0 aromatic carbocycles. The summed E-state index contributed by atoms with van der Waals surface area (Å²) in [6, 6.07) is 0. The van der Waals surface area contributed by atoms with E-state index in [1.54, 1.807) is 0 Å². The summed E-state index contributed by atoms with van der Waals surface area (Å²) in [7, 11) is 0. The van der Waals surface area contributed by atoms with Crippen LogP contribution in [-0.4, -0.2) is 36.4 Å². The van der Waals surface area contributed by atoms with Gasteiger partial charge in [-0.1, -0.05) is 364 Å². The van der Waals surface area contributed by atoms with E-state index in [-0.39, 0.29) is 25.2 Å². The summed E-state index contributed by atoms with van der Waals surface area (Å²) in [6.45, 7) is 4.09. The molecule has 0 saturated heterocycles. The summed E-state index contributed by atoms with van der Waals surface area (Å²) in [5.41, 5.74) is 0. The van der Waals surface area contributed by atoms with Gasteiger partial charge in [0.25, 0.3) is 0 Å². The summed E-state index contributed by atoms with van der Waals surface area (Å²) in [5, 5.41) is 9.69. The van der Waals surface area contributed by atoms with Crippen LogP contribution in [0.3, 0.4) is 0 Å². The van der Waals surface area contributed by atoms with Crippen LogP contribution in [0.2, 0.25) is 0 Å². The van der Waals surface area contributed by atoms with Gasteiger partial charge in [-0.05, 0) is 51.4 Å². The molecular formula is C72H134O5. The van der Waals surface area contributed by atoms with E-state index in [1.807, 2.05) is 0 Å². The minimum atomic E-state index is -0.768. The highest BCUT2D eigenvalue weighted by molar-refractivity contribution is 5.70. The van der Waals surface area contributed by atoms with Crippen molar-refractivity contribution in [2.45, 2.75) is 386 Å². The molecule has 0 heterocycles. The molecule has 5 nitrogen and oxygen atoms in total. The summed E-state index contributed by atoms with van der Waals surface area (Å²) < 4.78 is 10.8. The molecule has 452 valence electrons. The molecule has 0 spiro atoms. The molecule has 0 aromatic rings. The fourth-order valence-electron chi connectivity index (χ4n) is 10.7. The van der Waals surface area contributed by atoms with E-state index in [4.69, 9.17) is 9.47 Å². The summed E-state index contributed by atoms with van der Waals surface area (Å²) in [6.07, 6.45) is 91.6. The highest BCUT2D eigenvalue weighted by atomic mass is 16.6. The Balaban J connectivity index is 3.36. The van der Waals surface area contributed by atoms with Crippen molar-refractivity contribution in [3.63, 3.8) is 0 Å². The Labute approximate surface area is 481 Å². The number of unbranched alkanes of at least 4 members (excludes halogenated alkanes) is 49. The number of hydrogen-bond acceptors (Lipinski definition) is 5. The number of carbonyl (C=O) groups excluding carboxylic acids is 2. The van der Waals surface area contributed by atoms with Gasteiger partial charge in [-0.15, -0.1) is 0 Å². The minimum absolute atomic E-state index is 0.0580. The normalized spacial score (nSPS) is 12.4. The Bertz CT molecular complexity index is 1270. The molecule has 0 fully saturated rings. The Morgan fingerprint density at radius 2 is 0.558 bits per heavy atom. The van der Waals surface area contributed by atoms with Gasteiger partial charge in [-0.2, -0.15) is 0 Å². The van der Waals surface area contributed by atoms with Crippen molar-refractivity contribution in [3.05, 3.63) is 48.6 Å². The smallest absolute Gasteiger partial charge is 0.306 e. The predicted molar refractivity (Wildman–Crippen MR) is 339 cm³/mol. The van der Waals surface area contributed by atoms with Gasteiger partial charge in [0.2, 0.25) is 0 Å². The minimum Gasteiger partial charge on any atom is -0.462 e. The topological polar surface area (TPSA) is 72.8 Å². The van der Waals surface area contributed by atoms with Crippen LogP contribution >= 0.6 is 0 Å². The van der Waals surface area contributed by atoms with Crippen molar-refractivity contribution in [1.82, 2.24) is 0 Å². The van der Waals surface area contributed by atoms with Gasteiger partial charge in [-0.3, -0.25) is 9.59 Å². The monoisotopic (exact) mass is 1080 g/mol. The van der Waals surface area contributed by atoms with E-state index in [1.165, 1.54) is 295 Å². The Morgan fingerprint density at radius 1 is 0.312 bits per heavy atom. The standard InChI is InChI=1S/C72H134O5/c1-3-5-7-9-11-13-15-17-19-21-23-25-27-28-29-30-31-32-33-34-35-36-37-38-39-40-41-42-43-44-45-47-49-51-53-55-57-59-61-63-65-67-72(75)77-70(68-73)69-76-71(74)66-64-62-60-58-56-54-52-50-48-46-26-24-22-20-18-16-14-12-10-8-6-4-2/h5,7,11,13,17,19,23,25,70,73H,3-4,6,8-10,12,14-16,18,20-22,24,26-69H2,1-2H3/b7-5-,13-11-,19-17-,25-23-. The third kappa shape index (κ3) is 66.3. The summed E-state index contributed by atoms with van der Waals surface area (Å²) in [5.74, 6) is -0.564. The molecule has 0 radical (unpaired) electrons. The van der Waals surface area contributed by atoms with Crippen LogP contribution in [0, 0.1) is 0 Å². The van der Waals surface area contributed by atoms with E-state index in [2.05, 4.69) is 62.5 Å². The quantitative estimate of drug-likeness (QED) is 0.0373. The van der Waals surface area contributed by atoms with Crippen LogP contribution in [0.4, 0.5) is 0 Å². The zero-order valence-corrected chi connectivity index (χ0v) is 52.0. The lowest BCUT2D eigenvalue weighted by Crippen LogP contribution is -2.28. The first-order valence-electron chi connectivity index (χ1n) is 34.7. The molecule has 0 aliphatic rings. The van der Waals surface area contributed by atoms with E-state index < -0.39 is 6.10 Å². The van der Waals surface area contributed by atoms with Crippen LogP contribution < -0.4 is 0 Å². The second kappa shape index (κ2) is 68.1. The third-order valence-electron chi connectivity index (χ3n) is 15.9. The molecule has 0 amide bonds. The molecule has 0 bridgehead atoms. The Hall–Kier alpha value is -2.14. The molecule has 0 rings (SSSR count). The number of ether oxygens (including phenoxy) is 2. The third-order valence-corrected chi connectivity index (χ3v) is 15.9. The number of hydrogen-bond donors (Lipinski definition) is 1. The zero-order valence-electron chi connectivity index (χ0n) is 52.0. The number of aliphatic hydroxyl groups is 1. The maximum absolute atomic E-state index is 12.4. The highest BCUT2D eigenvalue weighted by Crippen LogP contribution is 2.19. The van der Waals surface area contributed by atoms with Crippen LogP contribution in [0.25, 0.3) is 0 Å². The predicted octanol–water partition coefficient (Wildman–Crippen LogP) is 23.9. The van der Waals surface area contributed by atoms with Gasteiger partial charge in [0.15, 0.2) is 6.10 Å². The average molecular weight is 1080 g/mol. The molecular weight excluding hydrogens is 945 g/mol. The molecule has 0 aromatic heterocycles. The molecule has 1 N–H and O–H groups in total. The number of allylic oxidation sites excluding steroid dienone is 8. The number of rotatable bonds is 65. The molecule has 1 unspecified atom stereocenters. The summed E-state index contributed by atoms with van der Waals surface area (Å²) in [4.78, 5) is 24.6. The molecule has 0 saturated carbocycles. The van der Waals surface area contributed by atoms with Gasteiger partial charge in [-0.25, -0.2) is 0 Å². The lowest BCUT2D eigenvalue weighted by molar-refractivity contribution is -0.161. The van der Waals surface area contributed by atoms with E-state index in [9.17, 15) is 14.7 Å². The van der Waals surface area contributed by atoms with Crippen LogP contribution in [0.5, 0.6) is 0 Å². The van der Waals surface area contributed by atoms with Crippen molar-refractivity contribution in [1.29, 1.82) is 0 Å². The van der Waals surface area contributed by atoms with Crippen molar-refractivity contribution in [2.75, 3.05) is 13.2 Å². The first kappa shape index (κ1) is 74.9. The molecule has 77 heavy (non-hydrogen) atoms. The average Bonchev–Trinajstić information content (AvgIpc) is 3.43. The fraction of sp³-hybridized carbons (Fsp3) is 0.861. The highest BCUT2D eigenvalue weighted by Gasteiger charge is 2.16. The van der Waals surface area contributed by atoms with E-state index in [0.29, 0.717) is 12.8 Å². The SMILES string of the molecule is CC/C=C\C/C=C\C/C=C\C/C=C\CCCCCCCCCCCCCCCCCCCCCCCCCCCCCCC(=O)OC(CO)COC(=O)CCCCCCCCCCCCCCCCCCCCCCCC. The lowest BCUT2D eigenvalue weighted by atomic mass is 10.0. The van der Waals surface area contributed by atoms with Crippen LogP contribution in [0.15, 0.2) is 48.6 Å². The number of esters is 2. The van der Waals surface area contributed by atoms with Crippen LogP contribution in [0.1, 0.15) is 380 Å². The summed E-state index contributed by atoms with van der Waals surface area (Å²) >= 11 is 0. The molecule has 0 aliphatic heterocycles. The van der Waals surface area contributed by atoms with Gasteiger partial charge in [0.1, 0.15) is 6.61 Å². The van der Waals surface area contributed by atoms with Gasteiger partial charge >= 0.3 is 11.9 Å². The zero-order chi connectivity index (χ0) is 55.5. The first-order valence-corrected chi connectivity index (χ1v) is 34.7. The second-order valence-corrected chi connectivity index (χ2v) is 23.6. The Morgan fingerprint density at radius 3 is 0.844 bits per heavy atom. The Kier molecular flexibility index (Phi) is 66.2. The van der Waals surface area contributed by atoms with Crippen molar-refractivity contribution < 1.29 is 24.2 Å². The molecule has 0 aliphatic carbocycles. The maximum atomic E-state index is 12.4. The maximum Gasteiger partial charge on any atom is 0.306 e. The van der Waals surface area contributed by atoms with E-state index >= 15 is 0 Å². The second-order valence-electron chi connectivity index (χ2n) is 23.6. The van der Waals surface area contributed by atoms with Gasteiger partial charge in [0.05, 0.1) is 6.61 Å². The first-order chi connectivity index (χ1) is 38.1. The fourth-order valence-corrected chi connectivity index (χ4v) is 10.7. The van der Waals surface area contributed by atoms with Crippen LogP contribution in [-0.2, 0) is 19.1 Å². The van der Waals surface area contributed by atoms with Crippen molar-refractivity contribution >= 4 is 11.9 Å². The number of carbonyl (C=O) groups is 2. The van der Waals surface area contributed by atoms with E-state index in [0.717, 1.165) is 57.8 Å². The van der Waals surface area contributed by atoms with Gasteiger partial charge < -0.3 is 14.6 Å². The van der Waals surface area contributed by atoms with Gasteiger partial charge in [0, 0.05) is 12.8 Å². The molecule has 1 atom stereocenters. The molecule has 5 heteroatoms.